The summed E-state index contributed by atoms with van der Waals surface area (Å²) in [6.45, 7) is 4.13. The first kappa shape index (κ1) is 17.0. The molecule has 2 aromatic rings. The average molecular weight is 338 g/mol. The topological polar surface area (TPSA) is 58.6 Å². The summed E-state index contributed by atoms with van der Waals surface area (Å²) in [7, 11) is 0. The number of rotatable bonds is 5. The number of benzene rings is 2. The number of anilines is 2. The molecule has 1 N–H and O–H groups in total. The zero-order chi connectivity index (χ0) is 17.8. The van der Waals surface area contributed by atoms with E-state index in [1.807, 2.05) is 48.5 Å². The number of nitrogens with zero attached hydrogens (tertiary/aromatic N) is 1. The van der Waals surface area contributed by atoms with Crippen molar-refractivity contribution in [2.45, 2.75) is 32.8 Å². The fourth-order valence-electron chi connectivity index (χ4n) is 2.85. The molecule has 1 atom stereocenters. The quantitative estimate of drug-likeness (QED) is 0.909. The largest absolute Gasteiger partial charge is 0.479 e. The molecule has 0 saturated carbocycles. The van der Waals surface area contributed by atoms with Gasteiger partial charge in [0.1, 0.15) is 5.75 Å². The molecule has 25 heavy (non-hydrogen) atoms. The van der Waals surface area contributed by atoms with Crippen molar-refractivity contribution in [3.8, 4) is 5.75 Å². The van der Waals surface area contributed by atoms with Crippen molar-refractivity contribution in [3.63, 3.8) is 0 Å². The Morgan fingerprint density at radius 1 is 1.16 bits per heavy atom. The Labute approximate surface area is 147 Å². The highest BCUT2D eigenvalue weighted by Gasteiger charge is 2.31. The molecule has 130 valence electrons. The molecule has 0 spiro atoms. The minimum atomic E-state index is -0.542. The highest BCUT2D eigenvalue weighted by atomic mass is 16.5. The number of fused-ring (bicyclic) bond motifs is 1. The Balaban J connectivity index is 1.64. The molecule has 5 heteroatoms. The number of hydrogen-bond acceptors (Lipinski definition) is 3. The Morgan fingerprint density at radius 3 is 2.60 bits per heavy atom. The lowest BCUT2D eigenvalue weighted by Crippen LogP contribution is -2.45. The van der Waals surface area contributed by atoms with Crippen LogP contribution in [0.4, 0.5) is 11.4 Å². The van der Waals surface area contributed by atoms with Crippen LogP contribution in [-0.2, 0) is 16.0 Å². The molecule has 0 bridgehead atoms. The summed E-state index contributed by atoms with van der Waals surface area (Å²) >= 11 is 0. The maximum atomic E-state index is 12.4. The molecular weight excluding hydrogens is 316 g/mol. The van der Waals surface area contributed by atoms with Crippen molar-refractivity contribution in [1.82, 2.24) is 0 Å². The Hall–Kier alpha value is -2.82. The maximum absolute atomic E-state index is 12.4. The zero-order valence-corrected chi connectivity index (χ0v) is 14.5. The molecule has 0 saturated heterocycles. The van der Waals surface area contributed by atoms with Gasteiger partial charge in [-0.15, -0.1) is 0 Å². The van der Waals surface area contributed by atoms with Gasteiger partial charge in [0, 0.05) is 18.7 Å². The summed E-state index contributed by atoms with van der Waals surface area (Å²) in [6.07, 6.45) is 0.646. The fraction of sp³-hybridized carbons (Fsp3) is 0.300. The molecule has 5 nitrogen and oxygen atoms in total. The van der Waals surface area contributed by atoms with Crippen LogP contribution >= 0.6 is 0 Å². The second-order valence-corrected chi connectivity index (χ2v) is 6.07. The fourth-order valence-corrected chi connectivity index (χ4v) is 2.85. The van der Waals surface area contributed by atoms with Crippen molar-refractivity contribution in [1.29, 1.82) is 0 Å². The summed E-state index contributed by atoms with van der Waals surface area (Å²) in [5.74, 6) is 0.428. The second-order valence-electron chi connectivity index (χ2n) is 6.07. The number of carbonyl (C=O) groups is 2. The van der Waals surface area contributed by atoms with Gasteiger partial charge in [-0.1, -0.05) is 31.2 Å². The smallest absolute Gasteiger partial charge is 0.267 e. The van der Waals surface area contributed by atoms with E-state index >= 15 is 0 Å². The van der Waals surface area contributed by atoms with Crippen molar-refractivity contribution in [3.05, 3.63) is 54.1 Å². The lowest BCUT2D eigenvalue weighted by atomic mass is 10.1. The first-order valence-corrected chi connectivity index (χ1v) is 8.54. The Kier molecular flexibility index (Phi) is 5.03. The van der Waals surface area contributed by atoms with Crippen LogP contribution in [0.3, 0.4) is 0 Å². The third-order valence-corrected chi connectivity index (χ3v) is 4.28. The minimum absolute atomic E-state index is 0.117. The van der Waals surface area contributed by atoms with Gasteiger partial charge in [-0.2, -0.15) is 0 Å². The molecule has 1 aliphatic heterocycles. The summed E-state index contributed by atoms with van der Waals surface area (Å²) in [4.78, 5) is 26.3. The molecule has 2 aromatic carbocycles. The van der Waals surface area contributed by atoms with E-state index in [0.717, 1.165) is 12.1 Å². The van der Waals surface area contributed by atoms with Crippen molar-refractivity contribution in [2.24, 2.45) is 0 Å². The van der Waals surface area contributed by atoms with Gasteiger partial charge in [-0.05, 0) is 43.2 Å². The number of amides is 2. The third-order valence-electron chi connectivity index (χ3n) is 4.28. The van der Waals surface area contributed by atoms with Gasteiger partial charge in [-0.3, -0.25) is 9.59 Å². The molecule has 0 radical (unpaired) electrons. The Bertz CT molecular complexity index is 771. The molecular formula is C20H22N2O3. The monoisotopic (exact) mass is 338 g/mol. The highest BCUT2D eigenvalue weighted by Crippen LogP contribution is 2.33. The summed E-state index contributed by atoms with van der Waals surface area (Å²) in [5.41, 5.74) is 2.71. The summed E-state index contributed by atoms with van der Waals surface area (Å²) in [5, 5.41) is 2.87. The van der Waals surface area contributed by atoms with Crippen LogP contribution in [0.1, 0.15) is 25.8 Å². The molecule has 3 rings (SSSR count). The number of hydrogen-bond donors (Lipinski definition) is 1. The van der Waals surface area contributed by atoms with Crippen LogP contribution in [0.15, 0.2) is 48.5 Å². The van der Waals surface area contributed by atoms with E-state index in [2.05, 4.69) is 12.2 Å². The van der Waals surface area contributed by atoms with E-state index < -0.39 is 6.10 Å². The van der Waals surface area contributed by atoms with Crippen molar-refractivity contribution >= 4 is 23.2 Å². The van der Waals surface area contributed by atoms with Gasteiger partial charge < -0.3 is 15.0 Å². The predicted molar refractivity (Wildman–Crippen MR) is 98.0 cm³/mol. The minimum Gasteiger partial charge on any atom is -0.479 e. The number of carbonyl (C=O) groups excluding carboxylic acids is 2. The van der Waals surface area contributed by atoms with E-state index in [1.165, 1.54) is 5.56 Å². The first-order chi connectivity index (χ1) is 12.1. The lowest BCUT2D eigenvalue weighted by molar-refractivity contribution is -0.125. The number of para-hydroxylation sites is 2. The van der Waals surface area contributed by atoms with Crippen LogP contribution in [0.25, 0.3) is 0 Å². The van der Waals surface area contributed by atoms with Gasteiger partial charge in [0.2, 0.25) is 5.91 Å². The van der Waals surface area contributed by atoms with E-state index in [9.17, 15) is 9.59 Å². The van der Waals surface area contributed by atoms with Gasteiger partial charge in [0.15, 0.2) is 6.10 Å². The van der Waals surface area contributed by atoms with Crippen LogP contribution in [0.2, 0.25) is 0 Å². The van der Waals surface area contributed by atoms with Gasteiger partial charge in [0.25, 0.3) is 5.91 Å². The van der Waals surface area contributed by atoms with E-state index in [4.69, 9.17) is 4.74 Å². The molecule has 0 aromatic heterocycles. The van der Waals surface area contributed by atoms with Crippen LogP contribution in [0, 0.1) is 0 Å². The zero-order valence-electron chi connectivity index (χ0n) is 14.5. The average Bonchev–Trinajstić information content (AvgIpc) is 2.63. The molecule has 1 aliphatic rings. The Morgan fingerprint density at radius 2 is 1.88 bits per heavy atom. The molecule has 1 unspecified atom stereocenters. The maximum Gasteiger partial charge on any atom is 0.267 e. The first-order valence-electron chi connectivity index (χ1n) is 8.54. The lowest BCUT2D eigenvalue weighted by Gasteiger charge is -2.32. The standard InChI is InChI=1S/C20H22N2O3/c1-3-15-8-10-16(11-9-15)21-19(23)12-13-22-17-6-4-5-7-18(17)25-14(2)20(22)24/h4-11,14H,3,12-13H2,1-2H3,(H,21,23). The SMILES string of the molecule is CCc1ccc(NC(=O)CCN2C(=O)C(C)Oc3ccccc32)cc1. The van der Waals surface area contributed by atoms with E-state index in [1.54, 1.807) is 11.8 Å². The van der Waals surface area contributed by atoms with Crippen LogP contribution in [-0.4, -0.2) is 24.5 Å². The third kappa shape index (κ3) is 3.82. The van der Waals surface area contributed by atoms with Gasteiger partial charge in [0.05, 0.1) is 5.69 Å². The predicted octanol–water partition coefficient (Wildman–Crippen LogP) is 3.39. The summed E-state index contributed by atoms with van der Waals surface area (Å²) in [6, 6.07) is 15.2. The van der Waals surface area contributed by atoms with E-state index in [-0.39, 0.29) is 18.2 Å². The second kappa shape index (κ2) is 7.38. The molecule has 2 amide bonds. The molecule has 0 fully saturated rings. The van der Waals surface area contributed by atoms with E-state index in [0.29, 0.717) is 18.0 Å². The van der Waals surface area contributed by atoms with Gasteiger partial charge in [-0.25, -0.2) is 0 Å². The number of ether oxygens (including phenoxy) is 1. The van der Waals surface area contributed by atoms with Gasteiger partial charge >= 0.3 is 0 Å². The van der Waals surface area contributed by atoms with Crippen molar-refractivity contribution in [2.75, 3.05) is 16.8 Å². The highest BCUT2D eigenvalue weighted by molar-refractivity contribution is 6.00. The van der Waals surface area contributed by atoms with Crippen LogP contribution in [0.5, 0.6) is 5.75 Å². The normalized spacial score (nSPS) is 16.2. The number of nitrogens with one attached hydrogen (secondary N) is 1. The molecule has 1 heterocycles. The van der Waals surface area contributed by atoms with Crippen molar-refractivity contribution < 1.29 is 14.3 Å². The number of aryl methyl sites for hydroxylation is 1. The molecule has 0 aliphatic carbocycles. The van der Waals surface area contributed by atoms with Crippen LogP contribution < -0.4 is 15.0 Å². The summed E-state index contributed by atoms with van der Waals surface area (Å²) < 4.78 is 5.61.